The van der Waals surface area contributed by atoms with Gasteiger partial charge in [-0.25, -0.2) is 9.78 Å². The molecule has 6 rings (SSSR count). The van der Waals surface area contributed by atoms with E-state index in [1.807, 2.05) is 0 Å². The molecule has 1 fully saturated rings. The van der Waals surface area contributed by atoms with E-state index in [0.29, 0.717) is 12.8 Å². The minimum Gasteiger partial charge on any atom is -0.342 e. The van der Waals surface area contributed by atoms with Gasteiger partial charge in [0.1, 0.15) is 11.4 Å². The van der Waals surface area contributed by atoms with Gasteiger partial charge in [0.25, 0.3) is 5.91 Å². The van der Waals surface area contributed by atoms with Crippen molar-refractivity contribution in [2.45, 2.75) is 24.8 Å². The van der Waals surface area contributed by atoms with Crippen LogP contribution in [0.2, 0.25) is 0 Å². The Kier molecular flexibility index (Phi) is 3.40. The molecule has 6 heteroatoms. The summed E-state index contributed by atoms with van der Waals surface area (Å²) in [5, 5.41) is 4.91. The molecule has 6 nitrogen and oxygen atoms in total. The summed E-state index contributed by atoms with van der Waals surface area (Å²) < 4.78 is 0. The topological polar surface area (TPSA) is 78.1 Å². The molecule has 1 saturated heterocycles. The van der Waals surface area contributed by atoms with E-state index in [1.165, 1.54) is 16.3 Å². The molecule has 0 saturated carbocycles. The zero-order chi connectivity index (χ0) is 20.5. The molecule has 1 aromatic heterocycles. The van der Waals surface area contributed by atoms with E-state index < -0.39 is 5.54 Å². The van der Waals surface area contributed by atoms with Crippen LogP contribution in [0.1, 0.15) is 22.5 Å². The fourth-order valence-corrected chi connectivity index (χ4v) is 4.97. The summed E-state index contributed by atoms with van der Waals surface area (Å²) in [6, 6.07) is 18.6. The minimum absolute atomic E-state index is 0.209. The van der Waals surface area contributed by atoms with E-state index in [0.717, 1.165) is 34.4 Å². The number of fused-ring (bicyclic) bond motifs is 3. The number of carbonyl (C=O) groups excluding carboxylic acids is 2. The normalized spacial score (nSPS) is 17.3. The highest BCUT2D eigenvalue weighted by atomic mass is 16.2. The van der Waals surface area contributed by atoms with Gasteiger partial charge >= 0.3 is 6.03 Å². The van der Waals surface area contributed by atoms with Crippen molar-refractivity contribution >= 4 is 33.7 Å². The smallest absolute Gasteiger partial charge is 0.324 e. The largest absolute Gasteiger partial charge is 0.342 e. The van der Waals surface area contributed by atoms with Crippen molar-refractivity contribution in [2.24, 2.45) is 0 Å². The summed E-state index contributed by atoms with van der Waals surface area (Å²) in [6.45, 7) is 0. The second kappa shape index (κ2) is 5.92. The first-order chi connectivity index (χ1) is 14.5. The fourth-order valence-electron chi connectivity index (χ4n) is 4.97. The number of carbonyl (C=O) groups is 2. The lowest BCUT2D eigenvalue weighted by molar-refractivity contribution is -0.125. The summed E-state index contributed by atoms with van der Waals surface area (Å²) in [7, 11) is 1.69. The summed E-state index contributed by atoms with van der Waals surface area (Å²) >= 11 is 0. The fraction of sp³-hybridized carbons (Fsp3) is 0.208. The molecule has 0 bridgehead atoms. The van der Waals surface area contributed by atoms with Gasteiger partial charge < -0.3 is 9.88 Å². The van der Waals surface area contributed by atoms with Gasteiger partial charge in [0.05, 0.1) is 11.0 Å². The number of H-pyrrole nitrogens is 1. The average molecular weight is 396 g/mol. The Bertz CT molecular complexity index is 1320. The number of nitrogens with one attached hydrogen (secondary N) is 2. The van der Waals surface area contributed by atoms with Crippen molar-refractivity contribution < 1.29 is 9.59 Å². The lowest BCUT2D eigenvalue weighted by Gasteiger charge is -2.27. The van der Waals surface area contributed by atoms with Crippen LogP contribution in [0.4, 0.5) is 4.79 Å². The Morgan fingerprint density at radius 2 is 1.80 bits per heavy atom. The van der Waals surface area contributed by atoms with Gasteiger partial charge in [0.2, 0.25) is 0 Å². The number of nitrogens with zero attached hydrogens (tertiary/aromatic N) is 2. The predicted molar refractivity (Wildman–Crippen MR) is 114 cm³/mol. The van der Waals surface area contributed by atoms with Gasteiger partial charge in [-0.15, -0.1) is 0 Å². The molecule has 4 aromatic rings. The van der Waals surface area contributed by atoms with E-state index in [1.54, 1.807) is 11.9 Å². The van der Waals surface area contributed by atoms with Crippen LogP contribution in [0, 0.1) is 0 Å². The van der Waals surface area contributed by atoms with Crippen LogP contribution in [0.15, 0.2) is 54.6 Å². The third kappa shape index (κ3) is 2.33. The number of aromatic nitrogens is 2. The number of hydrogen-bond acceptors (Lipinski definition) is 3. The quantitative estimate of drug-likeness (QED) is 0.510. The van der Waals surface area contributed by atoms with Gasteiger partial charge in [-0.2, -0.15) is 0 Å². The first-order valence-electron chi connectivity index (χ1n) is 10.1. The molecule has 148 valence electrons. The molecule has 2 aliphatic rings. The lowest BCUT2D eigenvalue weighted by atomic mass is 9.95. The molecule has 2 heterocycles. The highest BCUT2D eigenvalue weighted by molar-refractivity contribution is 6.07. The number of urea groups is 1. The molecule has 3 aromatic carbocycles. The highest BCUT2D eigenvalue weighted by Crippen LogP contribution is 2.38. The van der Waals surface area contributed by atoms with Crippen LogP contribution in [-0.4, -0.2) is 39.4 Å². The molecule has 3 amide bonds. The Morgan fingerprint density at radius 1 is 1.03 bits per heavy atom. The van der Waals surface area contributed by atoms with Gasteiger partial charge in [0, 0.05) is 26.3 Å². The molecule has 1 unspecified atom stereocenters. The Hall–Kier alpha value is -3.67. The van der Waals surface area contributed by atoms with Crippen LogP contribution in [0.3, 0.4) is 0 Å². The number of rotatable bonds is 2. The molecule has 30 heavy (non-hydrogen) atoms. The molecular formula is C24H20N4O2. The van der Waals surface area contributed by atoms with Gasteiger partial charge in [-0.3, -0.25) is 10.1 Å². The van der Waals surface area contributed by atoms with Crippen molar-refractivity contribution in [3.63, 3.8) is 0 Å². The predicted octanol–water partition coefficient (Wildman–Crippen LogP) is 3.33. The molecule has 1 aliphatic heterocycles. The Morgan fingerprint density at radius 3 is 2.60 bits per heavy atom. The number of amides is 3. The summed E-state index contributed by atoms with van der Waals surface area (Å²) in [5.41, 5.74) is 4.48. The van der Waals surface area contributed by atoms with E-state index >= 15 is 0 Å². The molecule has 1 atom stereocenters. The second-order valence-electron chi connectivity index (χ2n) is 8.34. The Labute approximate surface area is 172 Å². The van der Waals surface area contributed by atoms with Crippen molar-refractivity contribution in [1.82, 2.24) is 20.2 Å². The van der Waals surface area contributed by atoms with Gasteiger partial charge in [-0.1, -0.05) is 42.5 Å². The standard InChI is InChI=1S/C24H20N4O2/c1-28-23(30)27-22(29)24(28)12-16-9-19-20(10-17(16)13-24)26-21(25-19)11-15-7-4-6-14-5-2-3-8-18(14)15/h2-10H,11-13H2,1H3,(H,25,26)(H,27,29,30). The maximum Gasteiger partial charge on any atom is 0.324 e. The third-order valence-corrected chi connectivity index (χ3v) is 6.65. The molecular weight excluding hydrogens is 376 g/mol. The molecule has 0 radical (unpaired) electrons. The number of aromatic amines is 1. The summed E-state index contributed by atoms with van der Waals surface area (Å²) in [4.78, 5) is 34.3. The first-order valence-corrected chi connectivity index (χ1v) is 10.1. The van der Waals surface area contributed by atoms with Crippen molar-refractivity contribution in [1.29, 1.82) is 0 Å². The first kappa shape index (κ1) is 17.2. The van der Waals surface area contributed by atoms with Gasteiger partial charge in [-0.05, 0) is 39.6 Å². The molecule has 1 aliphatic carbocycles. The van der Waals surface area contributed by atoms with Crippen molar-refractivity contribution in [3.8, 4) is 0 Å². The maximum absolute atomic E-state index is 12.5. The zero-order valence-electron chi connectivity index (χ0n) is 16.5. The van der Waals surface area contributed by atoms with Crippen LogP contribution >= 0.6 is 0 Å². The van der Waals surface area contributed by atoms with Gasteiger partial charge in [0.15, 0.2) is 0 Å². The average Bonchev–Trinajstić information content (AvgIpc) is 3.37. The van der Waals surface area contributed by atoms with Crippen LogP contribution in [0.25, 0.3) is 21.8 Å². The zero-order valence-corrected chi connectivity index (χ0v) is 16.5. The van der Waals surface area contributed by atoms with E-state index in [-0.39, 0.29) is 11.9 Å². The lowest BCUT2D eigenvalue weighted by Crippen LogP contribution is -2.48. The molecule has 2 N–H and O–H groups in total. The molecule has 1 spiro atoms. The monoisotopic (exact) mass is 396 g/mol. The van der Waals surface area contributed by atoms with Crippen LogP contribution in [-0.2, 0) is 24.1 Å². The number of imide groups is 1. The number of likely N-dealkylation sites (N-methyl/N-ethyl adjacent to an activating group) is 1. The number of hydrogen-bond donors (Lipinski definition) is 2. The van der Waals surface area contributed by atoms with Crippen LogP contribution < -0.4 is 5.32 Å². The van der Waals surface area contributed by atoms with E-state index in [4.69, 9.17) is 4.98 Å². The van der Waals surface area contributed by atoms with E-state index in [2.05, 4.69) is 64.9 Å². The minimum atomic E-state index is -0.802. The van der Waals surface area contributed by atoms with Crippen molar-refractivity contribution in [2.75, 3.05) is 7.05 Å². The second-order valence-corrected chi connectivity index (χ2v) is 8.34. The highest BCUT2D eigenvalue weighted by Gasteiger charge is 2.54. The SMILES string of the molecule is CN1C(=O)NC(=O)C12Cc1cc3nc(Cc4cccc5ccccc45)[nH]c3cc1C2. The number of imidazole rings is 1. The summed E-state index contributed by atoms with van der Waals surface area (Å²) in [5.74, 6) is 0.713. The Balaban J connectivity index is 1.35. The third-order valence-electron chi connectivity index (χ3n) is 6.65. The van der Waals surface area contributed by atoms with Crippen LogP contribution in [0.5, 0.6) is 0 Å². The maximum atomic E-state index is 12.5. The van der Waals surface area contributed by atoms with E-state index in [9.17, 15) is 9.59 Å². The number of benzene rings is 3. The van der Waals surface area contributed by atoms with Crippen molar-refractivity contribution in [3.05, 3.63) is 77.1 Å². The summed E-state index contributed by atoms with van der Waals surface area (Å²) in [6.07, 6.45) is 1.78.